The first-order chi connectivity index (χ1) is 17.5. The molecule has 2 aromatic heterocycles. The van der Waals surface area contributed by atoms with Crippen LogP contribution in [0.2, 0.25) is 0 Å². The fraction of sp³-hybridized carbons (Fsp3) is 0.231. The molecule has 3 heterocycles. The van der Waals surface area contributed by atoms with Gasteiger partial charge in [0.1, 0.15) is 40.4 Å². The molecule has 10 nitrogen and oxygen atoms in total. The van der Waals surface area contributed by atoms with Gasteiger partial charge in [0.25, 0.3) is 11.9 Å². The molecule has 0 bridgehead atoms. The molecule has 37 heavy (non-hydrogen) atoms. The number of nitrogens with two attached hydrogens (primary N) is 2. The molecule has 0 saturated heterocycles. The number of halogens is 1. The Morgan fingerprint density at radius 2 is 1.92 bits per heavy atom. The topological polar surface area (TPSA) is 167 Å². The van der Waals surface area contributed by atoms with Crippen LogP contribution >= 0.6 is 0 Å². The lowest BCUT2D eigenvalue weighted by Gasteiger charge is -2.26. The van der Waals surface area contributed by atoms with Gasteiger partial charge in [0.15, 0.2) is 5.58 Å². The number of hydrogen-bond acceptors (Lipinski definition) is 8. The lowest BCUT2D eigenvalue weighted by Crippen LogP contribution is -2.41. The maximum absolute atomic E-state index is 13.6. The molecule has 2 amide bonds. The largest absolute Gasteiger partial charge is 0.489 e. The van der Waals surface area contributed by atoms with Crippen molar-refractivity contribution in [2.24, 2.45) is 5.73 Å². The Morgan fingerprint density at radius 3 is 2.62 bits per heavy atom. The van der Waals surface area contributed by atoms with Crippen LogP contribution in [0.15, 0.2) is 52.9 Å². The lowest BCUT2D eigenvalue weighted by molar-refractivity contribution is -0.123. The summed E-state index contributed by atoms with van der Waals surface area (Å²) in [6.45, 7) is 2.90. The minimum atomic E-state index is -1.67. The Labute approximate surface area is 210 Å². The number of primary amides is 1. The van der Waals surface area contributed by atoms with Crippen molar-refractivity contribution >= 4 is 28.9 Å². The van der Waals surface area contributed by atoms with Crippen LogP contribution in [0.25, 0.3) is 22.4 Å². The first-order valence-electron chi connectivity index (χ1n) is 11.4. The number of benzene rings is 2. The van der Waals surface area contributed by atoms with Crippen LogP contribution in [0.4, 0.5) is 10.4 Å². The standard InChI is InChI=1S/C26H24FN5O5/c1-25(23(28)34)12-36-21-16(25)10-19(32-20(21)13-3-6-15(27)7-4-13)26(2,35)11-30-22(33)14-5-8-17-18(9-14)37-24(29)31-17/h3-10,35H,11-12H2,1-2H3,(H2,28,34)(H2,29,31)(H,30,33)/t25-,26-/m0/s1. The number of nitrogens with zero attached hydrogens (tertiary/aromatic N) is 2. The van der Waals surface area contributed by atoms with E-state index in [0.717, 1.165) is 0 Å². The van der Waals surface area contributed by atoms with Crippen molar-refractivity contribution in [2.45, 2.75) is 24.9 Å². The number of rotatable bonds is 6. The summed E-state index contributed by atoms with van der Waals surface area (Å²) in [5, 5.41) is 14.1. The van der Waals surface area contributed by atoms with E-state index in [1.165, 1.54) is 37.3 Å². The average molecular weight is 506 g/mol. The van der Waals surface area contributed by atoms with Crippen LogP contribution in [0.3, 0.4) is 0 Å². The monoisotopic (exact) mass is 505 g/mol. The SMILES string of the molecule is C[C@](O)(CNC(=O)c1ccc2nc(N)oc2c1)c1cc2c(c(-c3ccc(F)cc3)n1)OC[C@]2(C)C(N)=O. The second-order valence-corrected chi connectivity index (χ2v) is 9.42. The Bertz CT molecular complexity index is 1550. The molecule has 6 N–H and O–H groups in total. The van der Waals surface area contributed by atoms with Crippen molar-refractivity contribution in [2.75, 3.05) is 18.9 Å². The third-order valence-corrected chi connectivity index (χ3v) is 6.55. The van der Waals surface area contributed by atoms with Crippen LogP contribution in [0.5, 0.6) is 5.75 Å². The number of aliphatic hydroxyl groups is 1. The summed E-state index contributed by atoms with van der Waals surface area (Å²) < 4.78 is 24.7. The molecule has 0 aliphatic carbocycles. The normalized spacial score (nSPS) is 18.2. The van der Waals surface area contributed by atoms with E-state index in [4.69, 9.17) is 20.6 Å². The van der Waals surface area contributed by atoms with Gasteiger partial charge in [-0.25, -0.2) is 9.37 Å². The van der Waals surface area contributed by atoms with Crippen LogP contribution in [0.1, 0.15) is 35.5 Å². The third-order valence-electron chi connectivity index (χ3n) is 6.55. The Balaban J connectivity index is 1.49. The number of fused-ring (bicyclic) bond motifs is 2. The number of ether oxygens (including phenoxy) is 1. The van der Waals surface area contributed by atoms with Crippen molar-refractivity contribution in [3.8, 4) is 17.0 Å². The molecule has 0 fully saturated rings. The van der Waals surface area contributed by atoms with Gasteiger partial charge >= 0.3 is 0 Å². The highest BCUT2D eigenvalue weighted by molar-refractivity contribution is 5.97. The fourth-order valence-electron chi connectivity index (χ4n) is 4.20. The Morgan fingerprint density at radius 1 is 1.19 bits per heavy atom. The summed E-state index contributed by atoms with van der Waals surface area (Å²) in [7, 11) is 0. The second-order valence-electron chi connectivity index (χ2n) is 9.42. The summed E-state index contributed by atoms with van der Waals surface area (Å²) in [5.41, 5.74) is 11.0. The highest BCUT2D eigenvalue weighted by Crippen LogP contribution is 2.45. The number of aromatic nitrogens is 2. The molecule has 0 spiro atoms. The fourth-order valence-corrected chi connectivity index (χ4v) is 4.20. The molecule has 1 aliphatic rings. The first kappa shape index (κ1) is 24.2. The van der Waals surface area contributed by atoms with Crippen molar-refractivity contribution in [3.05, 3.63) is 71.2 Å². The van der Waals surface area contributed by atoms with Gasteiger partial charge in [0, 0.05) is 16.7 Å². The van der Waals surface area contributed by atoms with Gasteiger partial charge in [0.2, 0.25) is 5.91 Å². The molecule has 4 aromatic rings. The van der Waals surface area contributed by atoms with E-state index in [1.807, 2.05) is 0 Å². The van der Waals surface area contributed by atoms with Crippen molar-refractivity contribution < 1.29 is 28.2 Å². The zero-order valence-electron chi connectivity index (χ0n) is 20.0. The van der Waals surface area contributed by atoms with E-state index in [0.29, 0.717) is 33.7 Å². The predicted octanol–water partition coefficient (Wildman–Crippen LogP) is 2.38. The number of anilines is 1. The predicted molar refractivity (Wildman–Crippen MR) is 132 cm³/mol. The maximum Gasteiger partial charge on any atom is 0.292 e. The van der Waals surface area contributed by atoms with Crippen molar-refractivity contribution in [1.29, 1.82) is 0 Å². The van der Waals surface area contributed by atoms with Crippen molar-refractivity contribution in [1.82, 2.24) is 15.3 Å². The zero-order valence-corrected chi connectivity index (χ0v) is 20.0. The number of carbonyl (C=O) groups is 2. The Hall–Kier alpha value is -4.51. The Kier molecular flexibility index (Phi) is 5.60. The van der Waals surface area contributed by atoms with Crippen LogP contribution < -0.4 is 21.5 Å². The van der Waals surface area contributed by atoms with Gasteiger partial charge in [-0.3, -0.25) is 9.59 Å². The highest BCUT2D eigenvalue weighted by atomic mass is 19.1. The van der Waals surface area contributed by atoms with Gasteiger partial charge in [-0.2, -0.15) is 4.98 Å². The minimum absolute atomic E-state index is 0.00942. The van der Waals surface area contributed by atoms with Crippen LogP contribution in [-0.2, 0) is 15.8 Å². The molecular formula is C26H24FN5O5. The third kappa shape index (κ3) is 4.23. The number of carbonyl (C=O) groups excluding carboxylic acids is 2. The second kappa shape index (κ2) is 8.56. The number of pyridine rings is 1. The molecular weight excluding hydrogens is 481 g/mol. The molecule has 0 saturated carbocycles. The van der Waals surface area contributed by atoms with Gasteiger partial charge < -0.3 is 31.0 Å². The minimum Gasteiger partial charge on any atom is -0.489 e. The van der Waals surface area contributed by atoms with Crippen LogP contribution in [-0.4, -0.2) is 40.0 Å². The number of nitrogens with one attached hydrogen (secondary N) is 1. The molecule has 5 rings (SSSR count). The summed E-state index contributed by atoms with van der Waals surface area (Å²) in [6.07, 6.45) is 0. The summed E-state index contributed by atoms with van der Waals surface area (Å²) >= 11 is 0. The van der Waals surface area contributed by atoms with Crippen LogP contribution in [0, 0.1) is 5.82 Å². The molecule has 1 aliphatic heterocycles. The van der Waals surface area contributed by atoms with Gasteiger partial charge in [0.05, 0.1) is 12.2 Å². The highest BCUT2D eigenvalue weighted by Gasteiger charge is 2.45. The lowest BCUT2D eigenvalue weighted by atomic mass is 9.82. The quantitative estimate of drug-likeness (QED) is 0.310. The van der Waals surface area contributed by atoms with E-state index < -0.39 is 28.6 Å². The summed E-state index contributed by atoms with van der Waals surface area (Å²) in [4.78, 5) is 33.8. The summed E-state index contributed by atoms with van der Waals surface area (Å²) in [6, 6.07) is 11.8. The number of nitrogen functional groups attached to an aromatic ring is 1. The smallest absolute Gasteiger partial charge is 0.292 e. The molecule has 2 aromatic carbocycles. The summed E-state index contributed by atoms with van der Waals surface area (Å²) in [5.74, 6) is -1.18. The molecule has 11 heteroatoms. The number of hydrogen-bond donors (Lipinski definition) is 4. The maximum atomic E-state index is 13.6. The molecule has 190 valence electrons. The molecule has 0 radical (unpaired) electrons. The van der Waals surface area contributed by atoms with Crippen molar-refractivity contribution in [3.63, 3.8) is 0 Å². The average Bonchev–Trinajstić information content (AvgIpc) is 3.41. The van der Waals surface area contributed by atoms with E-state index in [9.17, 15) is 19.1 Å². The molecule has 2 atom stereocenters. The van der Waals surface area contributed by atoms with E-state index in [-0.39, 0.29) is 30.4 Å². The van der Waals surface area contributed by atoms with Gasteiger partial charge in [-0.05, 0) is 62.4 Å². The van der Waals surface area contributed by atoms with E-state index in [1.54, 1.807) is 25.1 Å². The van der Waals surface area contributed by atoms with Gasteiger partial charge in [-0.15, -0.1) is 0 Å². The number of amides is 2. The zero-order chi connectivity index (χ0) is 26.5. The van der Waals surface area contributed by atoms with E-state index >= 15 is 0 Å². The van der Waals surface area contributed by atoms with Gasteiger partial charge in [-0.1, -0.05) is 0 Å². The number of oxazole rings is 1. The van der Waals surface area contributed by atoms with E-state index in [2.05, 4.69) is 15.3 Å². The molecule has 0 unspecified atom stereocenters. The first-order valence-corrected chi connectivity index (χ1v) is 11.4.